The molecule has 4 rings (SSSR count). The monoisotopic (exact) mass is 446 g/mol. The van der Waals surface area contributed by atoms with E-state index in [1.54, 1.807) is 30.3 Å². The van der Waals surface area contributed by atoms with Crippen LogP contribution in [0.1, 0.15) is 19.4 Å². The zero-order chi connectivity index (χ0) is 23.0. The second-order valence-electron chi connectivity index (χ2n) is 7.74. The van der Waals surface area contributed by atoms with Gasteiger partial charge in [0.05, 0.1) is 23.5 Å². The number of halogens is 3. The van der Waals surface area contributed by atoms with Gasteiger partial charge in [0, 0.05) is 19.2 Å². The molecule has 0 aromatic heterocycles. The van der Waals surface area contributed by atoms with E-state index in [9.17, 15) is 22.8 Å². The van der Waals surface area contributed by atoms with E-state index in [2.05, 4.69) is 4.74 Å². The highest BCUT2D eigenvalue weighted by molar-refractivity contribution is 6.45. The van der Waals surface area contributed by atoms with Crippen molar-refractivity contribution in [1.29, 1.82) is 0 Å². The number of carbonyl (C=O) groups excluding carboxylic acids is 2. The highest BCUT2D eigenvalue weighted by Gasteiger charge is 2.44. The van der Waals surface area contributed by atoms with Crippen molar-refractivity contribution >= 4 is 23.1 Å². The summed E-state index contributed by atoms with van der Waals surface area (Å²) in [6, 6.07) is 13.6. The summed E-state index contributed by atoms with van der Waals surface area (Å²) in [5, 5.41) is 0. The molecular formula is C23H21F3N2O4. The molecule has 2 heterocycles. The van der Waals surface area contributed by atoms with Crippen LogP contribution in [0.2, 0.25) is 0 Å². The minimum Gasteiger partial charge on any atom is -0.406 e. The number of hydrogen-bond donors (Lipinski definition) is 0. The van der Waals surface area contributed by atoms with Crippen molar-refractivity contribution in [2.45, 2.75) is 32.4 Å². The number of benzene rings is 2. The van der Waals surface area contributed by atoms with Gasteiger partial charge in [0.2, 0.25) is 0 Å². The molecule has 0 radical (unpaired) electrons. The number of alkyl halides is 3. The topological polar surface area (TPSA) is 59.1 Å². The van der Waals surface area contributed by atoms with Crippen molar-refractivity contribution in [1.82, 2.24) is 4.90 Å². The summed E-state index contributed by atoms with van der Waals surface area (Å²) in [4.78, 5) is 29.7. The number of ether oxygens (including phenoxy) is 2. The van der Waals surface area contributed by atoms with Gasteiger partial charge in [-0.2, -0.15) is 0 Å². The summed E-state index contributed by atoms with van der Waals surface area (Å²) in [7, 11) is 0. The fourth-order valence-electron chi connectivity index (χ4n) is 4.09. The van der Waals surface area contributed by atoms with Crippen LogP contribution in [-0.4, -0.2) is 48.4 Å². The molecule has 0 bridgehead atoms. The van der Waals surface area contributed by atoms with Crippen molar-refractivity contribution in [2.24, 2.45) is 0 Å². The molecule has 0 spiro atoms. The summed E-state index contributed by atoms with van der Waals surface area (Å²) >= 11 is 0. The van der Waals surface area contributed by atoms with Crippen molar-refractivity contribution < 1.29 is 32.2 Å². The smallest absolute Gasteiger partial charge is 0.406 e. The van der Waals surface area contributed by atoms with Crippen LogP contribution >= 0.6 is 0 Å². The van der Waals surface area contributed by atoms with Gasteiger partial charge in [0.1, 0.15) is 11.4 Å². The Morgan fingerprint density at radius 3 is 2.22 bits per heavy atom. The largest absolute Gasteiger partial charge is 0.573 e. The van der Waals surface area contributed by atoms with Gasteiger partial charge < -0.3 is 14.4 Å². The summed E-state index contributed by atoms with van der Waals surface area (Å²) in [6.45, 7) is 4.56. The average Bonchev–Trinajstić information content (AvgIpc) is 2.97. The number of amides is 2. The van der Waals surface area contributed by atoms with E-state index < -0.39 is 23.9 Å². The van der Waals surface area contributed by atoms with Crippen LogP contribution < -0.4 is 9.64 Å². The molecule has 0 N–H and O–H groups in total. The summed E-state index contributed by atoms with van der Waals surface area (Å²) in [6.07, 6.45) is -5.22. The molecule has 2 atom stereocenters. The number of morpholine rings is 1. The molecule has 2 aromatic rings. The highest BCUT2D eigenvalue weighted by atomic mass is 19.4. The third-order valence-corrected chi connectivity index (χ3v) is 5.17. The first-order valence-electron chi connectivity index (χ1n) is 10.1. The summed E-state index contributed by atoms with van der Waals surface area (Å²) in [5.74, 6) is -1.72. The van der Waals surface area contributed by atoms with E-state index >= 15 is 0 Å². The Bertz CT molecular complexity index is 1060. The van der Waals surface area contributed by atoms with Crippen LogP contribution in [0.4, 0.5) is 18.9 Å². The maximum atomic E-state index is 13.5. The Morgan fingerprint density at radius 2 is 1.59 bits per heavy atom. The van der Waals surface area contributed by atoms with Crippen LogP contribution in [0.15, 0.2) is 60.3 Å². The molecule has 2 aromatic carbocycles. The normalized spacial score (nSPS) is 22.0. The average molecular weight is 446 g/mol. The Morgan fingerprint density at radius 1 is 0.938 bits per heavy atom. The minimum absolute atomic E-state index is 0.000428. The van der Waals surface area contributed by atoms with Crippen LogP contribution in [0, 0.1) is 0 Å². The van der Waals surface area contributed by atoms with Crippen molar-refractivity contribution in [3.8, 4) is 5.75 Å². The number of nitrogens with zero attached hydrogens (tertiary/aromatic N) is 2. The van der Waals surface area contributed by atoms with Crippen LogP contribution in [-0.2, 0) is 14.3 Å². The standard InChI is InChI=1S/C23H21F3N2O4/c1-14-12-27(13-15(2)31-14)20-19(16-7-4-3-5-8-16)21(29)28(22(20)30)17-9-6-10-18(11-17)32-23(24,25)26/h3-11,14-15H,12-13H2,1-2H3. The molecule has 168 valence electrons. The SMILES string of the molecule is CC1CN(C2=C(c3ccccc3)C(=O)N(c3cccc(OC(F)(F)F)c3)C2=O)CC(C)O1. The van der Waals surface area contributed by atoms with Gasteiger partial charge in [-0.25, -0.2) is 4.90 Å². The van der Waals surface area contributed by atoms with E-state index in [0.29, 0.717) is 18.7 Å². The number of carbonyl (C=O) groups is 2. The van der Waals surface area contributed by atoms with E-state index in [4.69, 9.17) is 4.74 Å². The van der Waals surface area contributed by atoms with Crippen molar-refractivity contribution in [2.75, 3.05) is 18.0 Å². The second-order valence-corrected chi connectivity index (χ2v) is 7.74. The summed E-state index contributed by atoms with van der Waals surface area (Å²) < 4.78 is 47.7. The van der Waals surface area contributed by atoms with Gasteiger partial charge in [-0.05, 0) is 31.5 Å². The van der Waals surface area contributed by atoms with E-state index in [0.717, 1.165) is 17.0 Å². The molecule has 2 aliphatic heterocycles. The fraction of sp³-hybridized carbons (Fsp3) is 0.304. The molecule has 1 saturated heterocycles. The van der Waals surface area contributed by atoms with E-state index in [1.807, 2.05) is 18.7 Å². The Hall–Kier alpha value is -3.33. The summed E-state index contributed by atoms with van der Waals surface area (Å²) in [5.41, 5.74) is 0.974. The first-order valence-corrected chi connectivity index (χ1v) is 10.1. The van der Waals surface area contributed by atoms with Crippen LogP contribution in [0.5, 0.6) is 5.75 Å². The Kier molecular flexibility index (Phi) is 5.68. The lowest BCUT2D eigenvalue weighted by Crippen LogP contribution is -2.47. The van der Waals surface area contributed by atoms with E-state index in [1.165, 1.54) is 12.1 Å². The maximum Gasteiger partial charge on any atom is 0.573 e. The lowest BCUT2D eigenvalue weighted by molar-refractivity contribution is -0.274. The van der Waals surface area contributed by atoms with Crippen molar-refractivity contribution in [3.05, 3.63) is 65.9 Å². The zero-order valence-corrected chi connectivity index (χ0v) is 17.4. The Labute approximate surface area is 182 Å². The predicted molar refractivity (Wildman–Crippen MR) is 111 cm³/mol. The number of rotatable bonds is 4. The molecule has 0 saturated carbocycles. The van der Waals surface area contributed by atoms with Gasteiger partial charge in [0.15, 0.2) is 0 Å². The quantitative estimate of drug-likeness (QED) is 0.665. The third-order valence-electron chi connectivity index (χ3n) is 5.17. The van der Waals surface area contributed by atoms with Crippen LogP contribution in [0.25, 0.3) is 5.57 Å². The molecule has 2 amide bonds. The van der Waals surface area contributed by atoms with Crippen molar-refractivity contribution in [3.63, 3.8) is 0 Å². The second kappa shape index (κ2) is 8.31. The maximum absolute atomic E-state index is 13.5. The molecule has 9 heteroatoms. The molecule has 6 nitrogen and oxygen atoms in total. The number of hydrogen-bond acceptors (Lipinski definition) is 5. The first kappa shape index (κ1) is 21.9. The molecule has 32 heavy (non-hydrogen) atoms. The fourth-order valence-corrected chi connectivity index (χ4v) is 4.09. The van der Waals surface area contributed by atoms with Gasteiger partial charge in [-0.1, -0.05) is 36.4 Å². The van der Waals surface area contributed by atoms with Gasteiger partial charge in [0.25, 0.3) is 11.8 Å². The highest BCUT2D eigenvalue weighted by Crippen LogP contribution is 2.37. The van der Waals surface area contributed by atoms with Crippen LogP contribution in [0.3, 0.4) is 0 Å². The lowest BCUT2D eigenvalue weighted by Gasteiger charge is -2.37. The van der Waals surface area contributed by atoms with Gasteiger partial charge in [-0.3, -0.25) is 9.59 Å². The van der Waals surface area contributed by atoms with Gasteiger partial charge in [-0.15, -0.1) is 13.2 Å². The lowest BCUT2D eigenvalue weighted by atomic mass is 10.0. The number of anilines is 1. The first-order chi connectivity index (χ1) is 15.1. The molecular weight excluding hydrogens is 425 g/mol. The van der Waals surface area contributed by atoms with Gasteiger partial charge >= 0.3 is 6.36 Å². The number of imide groups is 1. The molecule has 2 unspecified atom stereocenters. The Balaban J connectivity index is 1.77. The van der Waals surface area contributed by atoms with E-state index in [-0.39, 0.29) is 29.2 Å². The predicted octanol–water partition coefficient (Wildman–Crippen LogP) is 3.98. The zero-order valence-electron chi connectivity index (χ0n) is 17.4. The minimum atomic E-state index is -4.89. The molecule has 2 aliphatic rings. The third kappa shape index (κ3) is 4.34. The molecule has 0 aliphatic carbocycles. The molecule has 1 fully saturated rings.